The van der Waals surface area contributed by atoms with Gasteiger partial charge in [0.05, 0.1) is 12.7 Å². The second kappa shape index (κ2) is 6.49. The Kier molecular flexibility index (Phi) is 4.94. The SMILES string of the molecule is CC1CCC(OCc2ccc(CN)cc2F)CC1C. The summed E-state index contributed by atoms with van der Waals surface area (Å²) in [5.74, 6) is 1.27. The first kappa shape index (κ1) is 14.5. The molecular weight excluding hydrogens is 241 g/mol. The minimum atomic E-state index is -0.208. The normalized spacial score (nSPS) is 27.5. The van der Waals surface area contributed by atoms with Crippen LogP contribution in [0.1, 0.15) is 44.2 Å². The Balaban J connectivity index is 1.88. The van der Waals surface area contributed by atoms with Gasteiger partial charge < -0.3 is 10.5 Å². The number of halogens is 1. The molecule has 2 rings (SSSR count). The lowest BCUT2D eigenvalue weighted by Gasteiger charge is -2.32. The van der Waals surface area contributed by atoms with Gasteiger partial charge in [0.25, 0.3) is 0 Å². The van der Waals surface area contributed by atoms with E-state index in [9.17, 15) is 4.39 Å². The molecule has 1 aromatic carbocycles. The van der Waals surface area contributed by atoms with Gasteiger partial charge in [0.15, 0.2) is 0 Å². The van der Waals surface area contributed by atoms with E-state index in [2.05, 4.69) is 13.8 Å². The molecule has 0 bridgehead atoms. The molecule has 19 heavy (non-hydrogen) atoms. The van der Waals surface area contributed by atoms with Crippen LogP contribution in [0.5, 0.6) is 0 Å². The highest BCUT2D eigenvalue weighted by molar-refractivity contribution is 5.23. The van der Waals surface area contributed by atoms with Crippen LogP contribution < -0.4 is 5.73 Å². The predicted octanol–water partition coefficient (Wildman–Crippen LogP) is 3.63. The van der Waals surface area contributed by atoms with Crippen LogP contribution in [-0.4, -0.2) is 6.10 Å². The molecule has 0 aliphatic heterocycles. The third-order valence-electron chi connectivity index (χ3n) is 4.38. The van der Waals surface area contributed by atoms with E-state index < -0.39 is 0 Å². The molecule has 1 aromatic rings. The Morgan fingerprint density at radius 1 is 1.26 bits per heavy atom. The highest BCUT2D eigenvalue weighted by Crippen LogP contribution is 2.31. The van der Waals surface area contributed by atoms with Crippen molar-refractivity contribution in [2.24, 2.45) is 17.6 Å². The molecular formula is C16H24FNO. The van der Waals surface area contributed by atoms with Crippen LogP contribution in [0.4, 0.5) is 4.39 Å². The Bertz CT molecular complexity index is 421. The van der Waals surface area contributed by atoms with Crippen LogP contribution in [0, 0.1) is 17.7 Å². The van der Waals surface area contributed by atoms with Crippen molar-refractivity contribution in [2.45, 2.75) is 52.4 Å². The van der Waals surface area contributed by atoms with Crippen LogP contribution in [0.2, 0.25) is 0 Å². The van der Waals surface area contributed by atoms with E-state index >= 15 is 0 Å². The summed E-state index contributed by atoms with van der Waals surface area (Å²) in [5.41, 5.74) is 6.94. The zero-order valence-electron chi connectivity index (χ0n) is 11.9. The molecule has 0 heterocycles. The number of ether oxygens (including phenoxy) is 1. The number of hydrogen-bond donors (Lipinski definition) is 1. The summed E-state index contributed by atoms with van der Waals surface area (Å²) in [5, 5.41) is 0. The zero-order chi connectivity index (χ0) is 13.8. The molecule has 3 atom stereocenters. The number of benzene rings is 1. The van der Waals surface area contributed by atoms with E-state index in [1.54, 1.807) is 6.07 Å². The fourth-order valence-corrected chi connectivity index (χ4v) is 2.69. The van der Waals surface area contributed by atoms with Crippen molar-refractivity contribution >= 4 is 0 Å². The maximum atomic E-state index is 13.8. The van der Waals surface area contributed by atoms with Gasteiger partial charge in [0.1, 0.15) is 5.82 Å². The average Bonchev–Trinajstić information content (AvgIpc) is 2.41. The number of hydrogen-bond acceptors (Lipinski definition) is 2. The summed E-state index contributed by atoms with van der Waals surface area (Å²) < 4.78 is 19.7. The molecule has 0 amide bonds. The van der Waals surface area contributed by atoms with Gasteiger partial charge in [0.2, 0.25) is 0 Å². The van der Waals surface area contributed by atoms with Crippen molar-refractivity contribution in [1.82, 2.24) is 0 Å². The Labute approximate surface area is 115 Å². The second-order valence-corrected chi connectivity index (χ2v) is 5.83. The minimum Gasteiger partial charge on any atom is -0.373 e. The van der Waals surface area contributed by atoms with E-state index in [-0.39, 0.29) is 11.9 Å². The van der Waals surface area contributed by atoms with E-state index in [1.165, 1.54) is 12.5 Å². The van der Waals surface area contributed by atoms with Crippen molar-refractivity contribution in [2.75, 3.05) is 0 Å². The van der Waals surface area contributed by atoms with Crippen LogP contribution >= 0.6 is 0 Å². The van der Waals surface area contributed by atoms with Crippen LogP contribution in [0.15, 0.2) is 18.2 Å². The summed E-state index contributed by atoms with van der Waals surface area (Å²) in [6.07, 6.45) is 3.66. The van der Waals surface area contributed by atoms with Gasteiger partial charge in [-0.15, -0.1) is 0 Å². The molecule has 2 nitrogen and oxygen atoms in total. The lowest BCUT2D eigenvalue weighted by atomic mass is 9.80. The minimum absolute atomic E-state index is 0.208. The average molecular weight is 265 g/mol. The molecule has 1 aliphatic carbocycles. The van der Waals surface area contributed by atoms with Crippen LogP contribution in [0.25, 0.3) is 0 Å². The number of nitrogens with two attached hydrogens (primary N) is 1. The quantitative estimate of drug-likeness (QED) is 0.902. The number of rotatable bonds is 4. The monoisotopic (exact) mass is 265 g/mol. The summed E-state index contributed by atoms with van der Waals surface area (Å²) in [4.78, 5) is 0. The van der Waals surface area contributed by atoms with Gasteiger partial charge in [-0.3, -0.25) is 0 Å². The van der Waals surface area contributed by atoms with E-state index in [4.69, 9.17) is 10.5 Å². The summed E-state index contributed by atoms with van der Waals surface area (Å²) in [6.45, 7) is 5.31. The van der Waals surface area contributed by atoms with E-state index in [0.29, 0.717) is 24.6 Å². The molecule has 1 saturated carbocycles. The van der Waals surface area contributed by atoms with Crippen molar-refractivity contribution in [3.63, 3.8) is 0 Å². The third kappa shape index (κ3) is 3.77. The molecule has 106 valence electrons. The molecule has 3 heteroatoms. The zero-order valence-corrected chi connectivity index (χ0v) is 11.9. The van der Waals surface area contributed by atoms with Crippen molar-refractivity contribution < 1.29 is 9.13 Å². The highest BCUT2D eigenvalue weighted by Gasteiger charge is 2.25. The maximum absolute atomic E-state index is 13.8. The first-order chi connectivity index (χ1) is 9.10. The second-order valence-electron chi connectivity index (χ2n) is 5.83. The van der Waals surface area contributed by atoms with Crippen molar-refractivity contribution in [1.29, 1.82) is 0 Å². The van der Waals surface area contributed by atoms with Crippen molar-refractivity contribution in [3.8, 4) is 0 Å². The largest absolute Gasteiger partial charge is 0.373 e. The topological polar surface area (TPSA) is 35.2 Å². The standard InChI is InChI=1S/C16H24FNO/c1-11-3-6-15(7-12(11)2)19-10-14-5-4-13(9-18)8-16(14)17/h4-5,8,11-12,15H,3,6-7,9-10,18H2,1-2H3. The summed E-state index contributed by atoms with van der Waals surface area (Å²) in [7, 11) is 0. The van der Waals surface area contributed by atoms with E-state index in [1.807, 2.05) is 6.07 Å². The Morgan fingerprint density at radius 3 is 2.68 bits per heavy atom. The molecule has 0 spiro atoms. The first-order valence-electron chi connectivity index (χ1n) is 7.19. The molecule has 2 N–H and O–H groups in total. The first-order valence-corrected chi connectivity index (χ1v) is 7.19. The Hall–Kier alpha value is -0.930. The highest BCUT2D eigenvalue weighted by atomic mass is 19.1. The fourth-order valence-electron chi connectivity index (χ4n) is 2.69. The summed E-state index contributed by atoms with van der Waals surface area (Å²) in [6, 6.07) is 5.16. The van der Waals surface area contributed by atoms with E-state index in [0.717, 1.165) is 24.3 Å². The maximum Gasteiger partial charge on any atom is 0.129 e. The Morgan fingerprint density at radius 2 is 2.05 bits per heavy atom. The van der Waals surface area contributed by atoms with Gasteiger partial charge in [-0.25, -0.2) is 4.39 Å². The van der Waals surface area contributed by atoms with Gasteiger partial charge >= 0.3 is 0 Å². The third-order valence-corrected chi connectivity index (χ3v) is 4.38. The van der Waals surface area contributed by atoms with Gasteiger partial charge in [-0.05, 0) is 42.7 Å². The van der Waals surface area contributed by atoms with Gasteiger partial charge in [-0.2, -0.15) is 0 Å². The van der Waals surface area contributed by atoms with Gasteiger partial charge in [0, 0.05) is 12.1 Å². The van der Waals surface area contributed by atoms with Crippen LogP contribution in [-0.2, 0) is 17.9 Å². The molecule has 0 radical (unpaired) electrons. The smallest absolute Gasteiger partial charge is 0.129 e. The van der Waals surface area contributed by atoms with Crippen molar-refractivity contribution in [3.05, 3.63) is 35.1 Å². The lowest BCUT2D eigenvalue weighted by molar-refractivity contribution is -0.00846. The van der Waals surface area contributed by atoms with Crippen LogP contribution in [0.3, 0.4) is 0 Å². The molecule has 1 fully saturated rings. The van der Waals surface area contributed by atoms with Gasteiger partial charge in [-0.1, -0.05) is 26.0 Å². The molecule has 1 aliphatic rings. The summed E-state index contributed by atoms with van der Waals surface area (Å²) >= 11 is 0. The fraction of sp³-hybridized carbons (Fsp3) is 0.625. The lowest BCUT2D eigenvalue weighted by Crippen LogP contribution is -2.26. The predicted molar refractivity (Wildman–Crippen MR) is 75.0 cm³/mol. The molecule has 3 unspecified atom stereocenters. The molecule has 0 saturated heterocycles. The molecule has 0 aromatic heterocycles.